The van der Waals surface area contributed by atoms with Crippen molar-refractivity contribution in [2.24, 2.45) is 0 Å². The first-order valence-corrected chi connectivity index (χ1v) is 9.30. The third-order valence-corrected chi connectivity index (χ3v) is 4.28. The Kier molecular flexibility index (Phi) is 6.35. The van der Waals surface area contributed by atoms with Gasteiger partial charge in [0.2, 0.25) is 0 Å². The number of rotatable bonds is 7. The molecule has 26 heavy (non-hydrogen) atoms. The summed E-state index contributed by atoms with van der Waals surface area (Å²) in [5, 5.41) is 15.2. The number of nitrogens with zero attached hydrogens (tertiary/aromatic N) is 4. The van der Waals surface area contributed by atoms with Gasteiger partial charge in [0.05, 0.1) is 17.2 Å². The van der Waals surface area contributed by atoms with Gasteiger partial charge < -0.3 is 10.6 Å². The zero-order valence-electron chi connectivity index (χ0n) is 13.9. The first-order chi connectivity index (χ1) is 12.6. The average Bonchev–Trinajstić information content (AvgIpc) is 3.23. The van der Waals surface area contributed by atoms with Gasteiger partial charge in [-0.2, -0.15) is 10.2 Å². The van der Waals surface area contributed by atoms with Crippen LogP contribution in [0.25, 0.3) is 0 Å². The number of thiocarbonyl (C=S) groups is 1. The van der Waals surface area contributed by atoms with Crippen LogP contribution in [0.4, 0.5) is 10.2 Å². The molecule has 0 unspecified atom stereocenters. The lowest BCUT2D eigenvalue weighted by atomic mass is 10.2. The van der Waals surface area contributed by atoms with Crippen LogP contribution in [-0.2, 0) is 13.1 Å². The fourth-order valence-corrected chi connectivity index (χ4v) is 2.92. The van der Waals surface area contributed by atoms with Crippen LogP contribution in [0.2, 0.25) is 0 Å². The molecule has 0 saturated carbocycles. The van der Waals surface area contributed by atoms with Crippen molar-refractivity contribution in [2.75, 3.05) is 11.9 Å². The summed E-state index contributed by atoms with van der Waals surface area (Å²) in [5.41, 5.74) is 0.591. The minimum absolute atomic E-state index is 0.237. The molecule has 2 aromatic heterocycles. The van der Waals surface area contributed by atoms with E-state index < -0.39 is 0 Å². The summed E-state index contributed by atoms with van der Waals surface area (Å²) in [4.78, 5) is 0. The summed E-state index contributed by atoms with van der Waals surface area (Å²) in [6.45, 7) is 1.89. The second-order valence-corrected chi connectivity index (χ2v) is 6.97. The van der Waals surface area contributed by atoms with Crippen molar-refractivity contribution in [1.29, 1.82) is 0 Å². The topological polar surface area (TPSA) is 59.7 Å². The maximum atomic E-state index is 13.7. The molecule has 6 nitrogen and oxygen atoms in total. The molecule has 3 aromatic rings. The van der Waals surface area contributed by atoms with Crippen molar-refractivity contribution in [3.05, 3.63) is 64.8 Å². The summed E-state index contributed by atoms with van der Waals surface area (Å²) >= 11 is 8.64. The lowest BCUT2D eigenvalue weighted by Crippen LogP contribution is -2.30. The lowest BCUT2D eigenvalue weighted by molar-refractivity contribution is 0.573. The number of hydrogen-bond donors (Lipinski definition) is 2. The predicted molar refractivity (Wildman–Crippen MR) is 106 cm³/mol. The van der Waals surface area contributed by atoms with E-state index in [0.717, 1.165) is 24.0 Å². The monoisotopic (exact) mass is 436 g/mol. The summed E-state index contributed by atoms with van der Waals surface area (Å²) in [5.74, 6) is 0.383. The fourth-order valence-electron chi connectivity index (χ4n) is 2.38. The number of anilines is 1. The normalized spacial score (nSPS) is 10.7. The number of halogens is 2. The first kappa shape index (κ1) is 18.5. The van der Waals surface area contributed by atoms with Crippen molar-refractivity contribution in [3.63, 3.8) is 0 Å². The van der Waals surface area contributed by atoms with Crippen LogP contribution in [0, 0.1) is 5.82 Å². The molecule has 3 rings (SSSR count). The van der Waals surface area contributed by atoms with E-state index in [1.807, 2.05) is 16.9 Å². The van der Waals surface area contributed by atoms with E-state index in [9.17, 15) is 4.39 Å². The van der Waals surface area contributed by atoms with Gasteiger partial charge in [0, 0.05) is 37.1 Å². The van der Waals surface area contributed by atoms with Gasteiger partial charge in [-0.15, -0.1) is 0 Å². The fraction of sp³-hybridized carbons (Fsp3) is 0.235. The van der Waals surface area contributed by atoms with Crippen LogP contribution < -0.4 is 10.6 Å². The van der Waals surface area contributed by atoms with E-state index in [-0.39, 0.29) is 5.82 Å². The van der Waals surface area contributed by atoms with Gasteiger partial charge in [-0.1, -0.05) is 18.2 Å². The molecule has 0 atom stereocenters. The Morgan fingerprint density at radius 1 is 1.23 bits per heavy atom. The molecular weight excluding hydrogens is 419 g/mol. The van der Waals surface area contributed by atoms with E-state index in [0.29, 0.717) is 23.0 Å². The molecule has 1 aromatic carbocycles. The zero-order valence-corrected chi connectivity index (χ0v) is 16.3. The Labute approximate surface area is 164 Å². The van der Waals surface area contributed by atoms with E-state index in [1.165, 1.54) is 6.07 Å². The molecule has 0 radical (unpaired) electrons. The van der Waals surface area contributed by atoms with Crippen molar-refractivity contribution < 1.29 is 4.39 Å². The van der Waals surface area contributed by atoms with Crippen LogP contribution in [-0.4, -0.2) is 31.2 Å². The second kappa shape index (κ2) is 8.91. The third kappa shape index (κ3) is 5.37. The van der Waals surface area contributed by atoms with Crippen LogP contribution in [0.1, 0.15) is 12.0 Å². The van der Waals surface area contributed by atoms with Gasteiger partial charge in [-0.05, 0) is 40.6 Å². The molecule has 0 aliphatic rings. The van der Waals surface area contributed by atoms with Crippen LogP contribution in [0.5, 0.6) is 0 Å². The van der Waals surface area contributed by atoms with Crippen molar-refractivity contribution >= 4 is 39.1 Å². The second-order valence-electron chi connectivity index (χ2n) is 5.65. The van der Waals surface area contributed by atoms with Crippen LogP contribution >= 0.6 is 28.1 Å². The molecule has 0 aliphatic heterocycles. The Hall–Kier alpha value is -2.26. The maximum Gasteiger partial charge on any atom is 0.171 e. The van der Waals surface area contributed by atoms with Crippen molar-refractivity contribution in [3.8, 4) is 0 Å². The van der Waals surface area contributed by atoms with Gasteiger partial charge in [0.1, 0.15) is 5.82 Å². The number of aryl methyl sites for hydroxylation is 1. The summed E-state index contributed by atoms with van der Waals surface area (Å²) in [6, 6.07) is 8.47. The van der Waals surface area contributed by atoms with E-state index in [2.05, 4.69) is 36.8 Å². The first-order valence-electron chi connectivity index (χ1n) is 8.10. The number of benzene rings is 1. The van der Waals surface area contributed by atoms with Crippen molar-refractivity contribution in [2.45, 2.75) is 19.5 Å². The van der Waals surface area contributed by atoms with Gasteiger partial charge in [0.25, 0.3) is 0 Å². The van der Waals surface area contributed by atoms with Gasteiger partial charge in [-0.25, -0.2) is 4.39 Å². The average molecular weight is 437 g/mol. The molecule has 0 aliphatic carbocycles. The highest BCUT2D eigenvalue weighted by atomic mass is 79.9. The molecule has 0 saturated heterocycles. The lowest BCUT2D eigenvalue weighted by Gasteiger charge is -2.08. The molecule has 0 amide bonds. The van der Waals surface area contributed by atoms with Gasteiger partial charge in [-0.3, -0.25) is 9.36 Å². The minimum atomic E-state index is -0.237. The molecule has 2 N–H and O–H groups in total. The number of nitrogens with one attached hydrogen (secondary N) is 2. The SMILES string of the molecule is Fc1ccccc1Cn1ccc(NC(=S)NCCCn2cc(Br)cn2)n1. The highest BCUT2D eigenvalue weighted by Gasteiger charge is 2.05. The molecule has 0 fully saturated rings. The summed E-state index contributed by atoms with van der Waals surface area (Å²) < 4.78 is 18.2. The molecule has 2 heterocycles. The van der Waals surface area contributed by atoms with E-state index in [4.69, 9.17) is 12.2 Å². The van der Waals surface area contributed by atoms with E-state index in [1.54, 1.807) is 35.3 Å². The molecular formula is C17H18BrFN6S. The Morgan fingerprint density at radius 3 is 2.85 bits per heavy atom. The summed E-state index contributed by atoms with van der Waals surface area (Å²) in [6.07, 6.45) is 6.36. The minimum Gasteiger partial charge on any atom is -0.362 e. The summed E-state index contributed by atoms with van der Waals surface area (Å²) in [7, 11) is 0. The largest absolute Gasteiger partial charge is 0.362 e. The zero-order chi connectivity index (χ0) is 18.4. The highest BCUT2D eigenvalue weighted by molar-refractivity contribution is 9.10. The maximum absolute atomic E-state index is 13.7. The Bertz CT molecular complexity index is 878. The standard InChI is InChI=1S/C17H18BrFN6S/c18-14-10-21-24(12-14)8-3-7-20-17(26)22-16-6-9-25(23-16)11-13-4-1-2-5-15(13)19/h1-2,4-6,9-10,12H,3,7-8,11H2,(H2,20,22,23,26). The van der Waals surface area contributed by atoms with E-state index >= 15 is 0 Å². The Balaban J connectivity index is 1.42. The molecule has 9 heteroatoms. The molecule has 136 valence electrons. The number of aromatic nitrogens is 4. The van der Waals surface area contributed by atoms with Crippen molar-refractivity contribution in [1.82, 2.24) is 24.9 Å². The quantitative estimate of drug-likeness (QED) is 0.438. The third-order valence-electron chi connectivity index (χ3n) is 3.62. The predicted octanol–water partition coefficient (Wildman–Crippen LogP) is 3.41. The smallest absolute Gasteiger partial charge is 0.171 e. The Morgan fingerprint density at radius 2 is 2.08 bits per heavy atom. The highest BCUT2D eigenvalue weighted by Crippen LogP contribution is 2.10. The molecule has 0 bridgehead atoms. The van der Waals surface area contributed by atoms with Crippen LogP contribution in [0.3, 0.4) is 0 Å². The van der Waals surface area contributed by atoms with Crippen LogP contribution in [0.15, 0.2) is 53.4 Å². The molecule has 0 spiro atoms. The number of hydrogen-bond acceptors (Lipinski definition) is 3. The van der Waals surface area contributed by atoms with Gasteiger partial charge in [0.15, 0.2) is 10.9 Å². The van der Waals surface area contributed by atoms with Gasteiger partial charge >= 0.3 is 0 Å².